The second-order valence-corrected chi connectivity index (χ2v) is 5.57. The van der Waals surface area contributed by atoms with Gasteiger partial charge in [0.15, 0.2) is 5.82 Å². The Morgan fingerprint density at radius 2 is 2.00 bits per heavy atom. The zero-order valence-electron chi connectivity index (χ0n) is 13.8. The molecule has 2 aromatic rings. The van der Waals surface area contributed by atoms with Crippen molar-refractivity contribution in [3.8, 4) is 5.75 Å². The lowest BCUT2D eigenvalue weighted by Gasteiger charge is -2.15. The number of nitrogens with zero attached hydrogens (tertiary/aromatic N) is 3. The minimum absolute atomic E-state index is 0.245. The van der Waals surface area contributed by atoms with Gasteiger partial charge in [0.1, 0.15) is 24.3 Å². The first-order chi connectivity index (χ1) is 10.5. The van der Waals surface area contributed by atoms with Crippen LogP contribution >= 0.6 is 0 Å². The predicted octanol–water partition coefficient (Wildman–Crippen LogP) is 2.46. The van der Waals surface area contributed by atoms with Crippen LogP contribution in [-0.2, 0) is 19.4 Å². The van der Waals surface area contributed by atoms with Gasteiger partial charge < -0.3 is 9.84 Å². The van der Waals surface area contributed by atoms with Crippen molar-refractivity contribution in [1.29, 1.82) is 0 Å². The van der Waals surface area contributed by atoms with Gasteiger partial charge in [-0.3, -0.25) is 0 Å². The molecular formula is C17H25N3O2. The van der Waals surface area contributed by atoms with Gasteiger partial charge in [-0.1, -0.05) is 26.0 Å². The Bertz CT molecular complexity index is 622. The number of hydrogen-bond acceptors (Lipinski definition) is 4. The van der Waals surface area contributed by atoms with Crippen molar-refractivity contribution < 1.29 is 9.84 Å². The molecule has 0 fully saturated rings. The normalized spacial score (nSPS) is 12.4. The zero-order chi connectivity index (χ0) is 16.1. The molecule has 2 rings (SSSR count). The molecule has 1 atom stereocenters. The molecule has 1 unspecified atom stereocenters. The molecule has 5 nitrogen and oxygen atoms in total. The first kappa shape index (κ1) is 16.5. The van der Waals surface area contributed by atoms with E-state index in [0.29, 0.717) is 6.54 Å². The lowest BCUT2D eigenvalue weighted by atomic mass is 10.1. The van der Waals surface area contributed by atoms with Gasteiger partial charge in [-0.25, -0.2) is 9.67 Å². The van der Waals surface area contributed by atoms with Crippen LogP contribution in [0.4, 0.5) is 0 Å². The fourth-order valence-electron chi connectivity index (χ4n) is 2.28. The molecule has 1 aromatic heterocycles. The maximum atomic E-state index is 10.2. The molecular weight excluding hydrogens is 278 g/mol. The summed E-state index contributed by atoms with van der Waals surface area (Å²) in [7, 11) is 0. The third kappa shape index (κ3) is 4.07. The molecule has 1 aromatic carbocycles. The molecule has 0 aliphatic carbocycles. The van der Waals surface area contributed by atoms with Crippen molar-refractivity contribution in [2.45, 2.75) is 53.2 Å². The lowest BCUT2D eigenvalue weighted by Crippen LogP contribution is -2.25. The molecule has 0 amide bonds. The Morgan fingerprint density at radius 3 is 2.68 bits per heavy atom. The molecule has 0 saturated carbocycles. The smallest absolute Gasteiger partial charge is 0.150 e. The van der Waals surface area contributed by atoms with E-state index in [-0.39, 0.29) is 6.61 Å². The Hall–Kier alpha value is -1.88. The number of aliphatic hydroxyl groups is 1. The van der Waals surface area contributed by atoms with Crippen LogP contribution in [0.25, 0.3) is 0 Å². The Labute approximate surface area is 132 Å². The first-order valence-corrected chi connectivity index (χ1v) is 7.84. The molecule has 1 N–H and O–H groups in total. The van der Waals surface area contributed by atoms with E-state index < -0.39 is 6.10 Å². The van der Waals surface area contributed by atoms with E-state index in [2.05, 4.69) is 10.1 Å². The number of aromatic nitrogens is 3. The van der Waals surface area contributed by atoms with Crippen LogP contribution in [-0.4, -0.2) is 32.6 Å². The maximum Gasteiger partial charge on any atom is 0.150 e. The molecule has 0 radical (unpaired) electrons. The number of aliphatic hydroxyl groups excluding tert-OH is 1. The van der Waals surface area contributed by atoms with Gasteiger partial charge >= 0.3 is 0 Å². The number of hydrogen-bond donors (Lipinski definition) is 1. The van der Waals surface area contributed by atoms with E-state index in [1.165, 1.54) is 0 Å². The Kier molecular flexibility index (Phi) is 5.55. The highest BCUT2D eigenvalue weighted by atomic mass is 16.5. The van der Waals surface area contributed by atoms with Crippen LogP contribution in [0.5, 0.6) is 5.75 Å². The summed E-state index contributed by atoms with van der Waals surface area (Å²) in [6, 6.07) is 6.06. The van der Waals surface area contributed by atoms with Crippen LogP contribution < -0.4 is 4.74 Å². The summed E-state index contributed by atoms with van der Waals surface area (Å²) in [5.74, 6) is 2.55. The van der Waals surface area contributed by atoms with Gasteiger partial charge in [0.2, 0.25) is 0 Å². The fourth-order valence-corrected chi connectivity index (χ4v) is 2.28. The molecule has 0 aliphatic heterocycles. The minimum atomic E-state index is -0.614. The third-order valence-electron chi connectivity index (χ3n) is 3.58. The second-order valence-electron chi connectivity index (χ2n) is 5.57. The largest absolute Gasteiger partial charge is 0.491 e. The summed E-state index contributed by atoms with van der Waals surface area (Å²) in [6.07, 6.45) is 0.990. The molecule has 0 saturated heterocycles. The standard InChI is InChI=1S/C17H25N3O2/c1-5-16-18-17(6-2)20(19-16)10-14(21)11-22-15-9-12(3)7-8-13(15)4/h7-9,14,21H,5-6,10-11H2,1-4H3. The maximum absolute atomic E-state index is 10.2. The van der Waals surface area contributed by atoms with E-state index >= 15 is 0 Å². The van der Waals surface area contributed by atoms with Gasteiger partial charge in [-0.15, -0.1) is 0 Å². The van der Waals surface area contributed by atoms with Crippen molar-refractivity contribution in [3.05, 3.63) is 41.0 Å². The monoisotopic (exact) mass is 303 g/mol. The summed E-state index contributed by atoms with van der Waals surface area (Å²) in [6.45, 7) is 8.74. The second kappa shape index (κ2) is 7.40. The fraction of sp³-hybridized carbons (Fsp3) is 0.529. The summed E-state index contributed by atoms with van der Waals surface area (Å²) in [5.41, 5.74) is 2.22. The molecule has 120 valence electrons. The topological polar surface area (TPSA) is 60.2 Å². The Balaban J connectivity index is 1.97. The van der Waals surface area contributed by atoms with Crippen LogP contribution in [0.1, 0.15) is 36.6 Å². The first-order valence-electron chi connectivity index (χ1n) is 7.84. The van der Waals surface area contributed by atoms with Gasteiger partial charge in [0.25, 0.3) is 0 Å². The quantitative estimate of drug-likeness (QED) is 0.853. The predicted molar refractivity (Wildman–Crippen MR) is 86.2 cm³/mol. The van der Waals surface area contributed by atoms with Crippen molar-refractivity contribution in [1.82, 2.24) is 14.8 Å². The van der Waals surface area contributed by atoms with Crippen LogP contribution in [0.15, 0.2) is 18.2 Å². The van der Waals surface area contributed by atoms with E-state index in [4.69, 9.17) is 4.74 Å². The van der Waals surface area contributed by atoms with Crippen molar-refractivity contribution >= 4 is 0 Å². The van der Waals surface area contributed by atoms with Crippen LogP contribution in [0, 0.1) is 13.8 Å². The van der Waals surface area contributed by atoms with E-state index in [1.54, 1.807) is 4.68 Å². The molecule has 5 heteroatoms. The lowest BCUT2D eigenvalue weighted by molar-refractivity contribution is 0.0880. The molecule has 0 aliphatic rings. The molecule has 22 heavy (non-hydrogen) atoms. The average Bonchev–Trinajstić information content (AvgIpc) is 2.90. The highest BCUT2D eigenvalue weighted by Gasteiger charge is 2.13. The van der Waals surface area contributed by atoms with Crippen molar-refractivity contribution in [3.63, 3.8) is 0 Å². The van der Waals surface area contributed by atoms with Crippen LogP contribution in [0.3, 0.4) is 0 Å². The van der Waals surface area contributed by atoms with Crippen molar-refractivity contribution in [2.75, 3.05) is 6.61 Å². The highest BCUT2D eigenvalue weighted by molar-refractivity contribution is 5.35. The highest BCUT2D eigenvalue weighted by Crippen LogP contribution is 2.19. The third-order valence-corrected chi connectivity index (χ3v) is 3.58. The Morgan fingerprint density at radius 1 is 1.23 bits per heavy atom. The molecule has 0 spiro atoms. The summed E-state index contributed by atoms with van der Waals surface area (Å²) >= 11 is 0. The zero-order valence-corrected chi connectivity index (χ0v) is 13.8. The van der Waals surface area contributed by atoms with E-state index in [9.17, 15) is 5.11 Å². The van der Waals surface area contributed by atoms with Gasteiger partial charge in [0.05, 0.1) is 6.54 Å². The average molecular weight is 303 g/mol. The van der Waals surface area contributed by atoms with Crippen LogP contribution in [0.2, 0.25) is 0 Å². The van der Waals surface area contributed by atoms with E-state index in [0.717, 1.165) is 41.4 Å². The van der Waals surface area contributed by atoms with Crippen molar-refractivity contribution in [2.24, 2.45) is 0 Å². The summed E-state index contributed by atoms with van der Waals surface area (Å²) in [5, 5.41) is 14.6. The number of benzene rings is 1. The SMILES string of the molecule is CCc1nc(CC)n(CC(O)COc2cc(C)ccc2C)n1. The molecule has 0 bridgehead atoms. The summed E-state index contributed by atoms with van der Waals surface area (Å²) < 4.78 is 7.53. The van der Waals surface area contributed by atoms with E-state index in [1.807, 2.05) is 45.9 Å². The number of ether oxygens (including phenoxy) is 1. The number of rotatable bonds is 7. The minimum Gasteiger partial charge on any atom is -0.491 e. The molecule has 1 heterocycles. The summed E-state index contributed by atoms with van der Waals surface area (Å²) in [4.78, 5) is 4.44. The van der Waals surface area contributed by atoms with Gasteiger partial charge in [-0.05, 0) is 31.0 Å². The van der Waals surface area contributed by atoms with Gasteiger partial charge in [0, 0.05) is 12.8 Å². The van der Waals surface area contributed by atoms with Gasteiger partial charge in [-0.2, -0.15) is 5.10 Å². The number of aryl methyl sites for hydroxylation is 4.